The fourth-order valence-electron chi connectivity index (χ4n) is 2.85. The van der Waals surface area contributed by atoms with Crippen molar-refractivity contribution in [1.82, 2.24) is 19.4 Å². The molecule has 9 heteroatoms. The van der Waals surface area contributed by atoms with Crippen LogP contribution in [0.4, 0.5) is 0 Å². The highest BCUT2D eigenvalue weighted by molar-refractivity contribution is 6.06. The van der Waals surface area contributed by atoms with Crippen LogP contribution in [0, 0.1) is 0 Å². The highest BCUT2D eigenvalue weighted by atomic mass is 16.4. The summed E-state index contributed by atoms with van der Waals surface area (Å²) < 4.78 is 1.34. The maximum atomic E-state index is 13.0. The number of aromatic amines is 1. The molecule has 0 spiro atoms. The largest absolute Gasteiger partial charge is 0.480 e. The van der Waals surface area contributed by atoms with Crippen molar-refractivity contribution in [3.63, 3.8) is 0 Å². The first-order valence-corrected chi connectivity index (χ1v) is 8.90. The van der Waals surface area contributed by atoms with E-state index in [-0.39, 0.29) is 29.1 Å². The first-order valence-electron chi connectivity index (χ1n) is 8.90. The van der Waals surface area contributed by atoms with Crippen molar-refractivity contribution in [1.29, 1.82) is 0 Å². The zero-order valence-corrected chi connectivity index (χ0v) is 15.9. The molecule has 9 nitrogen and oxygen atoms in total. The molecule has 2 aromatic heterocycles. The van der Waals surface area contributed by atoms with Gasteiger partial charge in [0.25, 0.3) is 11.5 Å². The second-order valence-corrected chi connectivity index (χ2v) is 6.57. The summed E-state index contributed by atoms with van der Waals surface area (Å²) in [5, 5.41) is 9.05. The van der Waals surface area contributed by atoms with Crippen molar-refractivity contribution in [2.24, 2.45) is 0 Å². The number of aromatic nitrogens is 3. The van der Waals surface area contributed by atoms with Crippen LogP contribution < -0.4 is 11.2 Å². The third kappa shape index (κ3) is 4.07. The van der Waals surface area contributed by atoms with Crippen LogP contribution in [0.3, 0.4) is 0 Å². The molecule has 2 rings (SSSR count). The molecule has 2 heterocycles. The minimum absolute atomic E-state index is 0.00119. The Morgan fingerprint density at radius 3 is 2.48 bits per heavy atom. The van der Waals surface area contributed by atoms with Gasteiger partial charge in [-0.3, -0.25) is 23.9 Å². The van der Waals surface area contributed by atoms with E-state index in [2.05, 4.69) is 9.97 Å². The van der Waals surface area contributed by atoms with E-state index >= 15 is 0 Å². The van der Waals surface area contributed by atoms with Gasteiger partial charge in [-0.2, -0.15) is 0 Å². The van der Waals surface area contributed by atoms with Gasteiger partial charge in [0, 0.05) is 18.8 Å². The molecule has 0 aliphatic rings. The molecule has 0 bridgehead atoms. The van der Waals surface area contributed by atoms with Crippen molar-refractivity contribution in [2.45, 2.75) is 46.6 Å². The molecule has 146 valence electrons. The number of fused-ring (bicyclic) bond motifs is 1. The quantitative estimate of drug-likeness (QED) is 0.747. The molecule has 0 aromatic carbocycles. The molecule has 2 aromatic rings. The summed E-state index contributed by atoms with van der Waals surface area (Å²) in [5.74, 6) is -1.79. The highest BCUT2D eigenvalue weighted by Gasteiger charge is 2.24. The maximum absolute atomic E-state index is 13.0. The van der Waals surface area contributed by atoms with E-state index in [1.165, 1.54) is 10.6 Å². The normalized spacial score (nSPS) is 11.1. The van der Waals surface area contributed by atoms with Crippen LogP contribution in [0.5, 0.6) is 0 Å². The average molecular weight is 376 g/mol. The Balaban J connectivity index is 2.87. The van der Waals surface area contributed by atoms with Crippen molar-refractivity contribution in [3.05, 3.63) is 38.2 Å². The number of H-pyrrole nitrogens is 1. The Bertz CT molecular complexity index is 990. The molecule has 2 N–H and O–H groups in total. The molecule has 0 atom stereocenters. The van der Waals surface area contributed by atoms with Crippen molar-refractivity contribution in [2.75, 3.05) is 13.1 Å². The van der Waals surface area contributed by atoms with E-state index in [0.29, 0.717) is 18.7 Å². The van der Waals surface area contributed by atoms with Crippen LogP contribution in [0.25, 0.3) is 11.0 Å². The molecule has 0 unspecified atom stereocenters. The zero-order valence-electron chi connectivity index (χ0n) is 15.9. The maximum Gasteiger partial charge on any atom is 0.329 e. The van der Waals surface area contributed by atoms with Crippen LogP contribution in [-0.2, 0) is 11.3 Å². The molecule has 0 fully saturated rings. The topological polar surface area (TPSA) is 125 Å². The van der Waals surface area contributed by atoms with E-state index in [1.54, 1.807) is 6.92 Å². The molecule has 1 amide bonds. The Morgan fingerprint density at radius 1 is 1.30 bits per heavy atom. The van der Waals surface area contributed by atoms with Crippen LogP contribution in [0.2, 0.25) is 0 Å². The highest BCUT2D eigenvalue weighted by Crippen LogP contribution is 2.21. The van der Waals surface area contributed by atoms with Crippen LogP contribution in [-0.4, -0.2) is 49.5 Å². The van der Waals surface area contributed by atoms with Gasteiger partial charge in [0.1, 0.15) is 6.54 Å². The summed E-state index contributed by atoms with van der Waals surface area (Å²) in [6.07, 6.45) is 0.637. The number of aliphatic carboxylic acids is 1. The van der Waals surface area contributed by atoms with Crippen LogP contribution in [0.1, 0.15) is 56.1 Å². The second-order valence-electron chi connectivity index (χ2n) is 6.57. The number of amides is 1. The monoisotopic (exact) mass is 376 g/mol. The van der Waals surface area contributed by atoms with Crippen LogP contribution in [0.15, 0.2) is 15.7 Å². The van der Waals surface area contributed by atoms with Crippen molar-refractivity contribution in [3.8, 4) is 0 Å². The zero-order chi connectivity index (χ0) is 20.3. The minimum atomic E-state index is -1.15. The Morgan fingerprint density at radius 2 is 1.96 bits per heavy atom. The molecule has 0 aliphatic carbocycles. The Hall–Kier alpha value is -2.97. The molecule has 0 saturated carbocycles. The predicted octanol–water partition coefficient (Wildman–Crippen LogP) is 1.16. The summed E-state index contributed by atoms with van der Waals surface area (Å²) in [7, 11) is 0. The van der Waals surface area contributed by atoms with E-state index < -0.39 is 29.7 Å². The second kappa shape index (κ2) is 8.15. The number of hydrogen-bond donors (Lipinski definition) is 2. The van der Waals surface area contributed by atoms with Gasteiger partial charge in [-0.1, -0.05) is 20.8 Å². The lowest BCUT2D eigenvalue weighted by atomic mass is 10.0. The number of nitrogens with one attached hydrogen (secondary N) is 1. The molecule has 0 aliphatic heterocycles. The Kier molecular flexibility index (Phi) is 6.14. The van der Waals surface area contributed by atoms with Gasteiger partial charge in [-0.05, 0) is 25.3 Å². The molecule has 0 saturated heterocycles. The van der Waals surface area contributed by atoms with Gasteiger partial charge in [-0.15, -0.1) is 0 Å². The number of likely N-dealkylation sites (N-methyl/N-ethyl adjacent to an activating group) is 1. The fourth-order valence-corrected chi connectivity index (χ4v) is 2.85. The predicted molar refractivity (Wildman–Crippen MR) is 100 cm³/mol. The standard InChI is InChI=1S/C18H24N4O5/c1-5-7-22-15-14(16(25)20-18(22)27)11(8-12(19-15)10(3)4)17(26)21(6-2)9-13(23)24/h8,10H,5-7,9H2,1-4H3,(H,23,24)(H,20,25,27). The number of carboxylic acids is 1. The number of nitrogens with zero attached hydrogens (tertiary/aromatic N) is 3. The Labute approximate surface area is 155 Å². The van der Waals surface area contributed by atoms with Crippen molar-refractivity contribution < 1.29 is 14.7 Å². The number of aryl methyl sites for hydroxylation is 1. The van der Waals surface area contributed by atoms with Gasteiger partial charge in [-0.25, -0.2) is 9.78 Å². The first kappa shape index (κ1) is 20.3. The van der Waals surface area contributed by atoms with Gasteiger partial charge in [0.15, 0.2) is 5.65 Å². The molecular weight excluding hydrogens is 352 g/mol. The number of hydrogen-bond acceptors (Lipinski definition) is 5. The van der Waals surface area contributed by atoms with Gasteiger partial charge >= 0.3 is 11.7 Å². The number of pyridine rings is 1. The smallest absolute Gasteiger partial charge is 0.329 e. The lowest BCUT2D eigenvalue weighted by molar-refractivity contribution is -0.137. The first-order chi connectivity index (χ1) is 12.7. The third-order valence-corrected chi connectivity index (χ3v) is 4.23. The molecule has 27 heavy (non-hydrogen) atoms. The van der Waals surface area contributed by atoms with E-state index in [1.807, 2.05) is 20.8 Å². The van der Waals surface area contributed by atoms with Gasteiger partial charge < -0.3 is 10.0 Å². The van der Waals surface area contributed by atoms with E-state index in [4.69, 9.17) is 5.11 Å². The van der Waals surface area contributed by atoms with E-state index in [9.17, 15) is 19.2 Å². The van der Waals surface area contributed by atoms with Crippen LogP contribution >= 0.6 is 0 Å². The van der Waals surface area contributed by atoms with Gasteiger partial charge in [0.2, 0.25) is 0 Å². The summed E-state index contributed by atoms with van der Waals surface area (Å²) >= 11 is 0. The average Bonchev–Trinajstić information content (AvgIpc) is 2.61. The number of carbonyl (C=O) groups excluding carboxylic acids is 1. The molecular formula is C18H24N4O5. The lowest BCUT2D eigenvalue weighted by Gasteiger charge is -2.20. The molecule has 0 radical (unpaired) electrons. The van der Waals surface area contributed by atoms with E-state index in [0.717, 1.165) is 4.90 Å². The summed E-state index contributed by atoms with van der Waals surface area (Å²) in [5.41, 5.74) is -0.546. The fraction of sp³-hybridized carbons (Fsp3) is 0.500. The minimum Gasteiger partial charge on any atom is -0.480 e. The summed E-state index contributed by atoms with van der Waals surface area (Å²) in [4.78, 5) is 56.6. The summed E-state index contributed by atoms with van der Waals surface area (Å²) in [6.45, 7) is 7.32. The lowest BCUT2D eigenvalue weighted by Crippen LogP contribution is -2.37. The SMILES string of the molecule is CCCn1c(=O)[nH]c(=O)c2c(C(=O)N(CC)CC(=O)O)cc(C(C)C)nc21. The van der Waals surface area contributed by atoms with Crippen molar-refractivity contribution >= 4 is 22.9 Å². The van der Waals surface area contributed by atoms with Gasteiger partial charge in [0.05, 0.1) is 10.9 Å². The number of carboxylic acid groups (broad SMARTS) is 1. The number of carbonyl (C=O) groups is 2. The third-order valence-electron chi connectivity index (χ3n) is 4.23. The summed E-state index contributed by atoms with van der Waals surface area (Å²) in [6, 6.07) is 1.51. The number of rotatable bonds is 7.